The number of piperazine rings is 1. The summed E-state index contributed by atoms with van der Waals surface area (Å²) in [4.78, 5) is 20.2. The molecule has 0 aliphatic carbocycles. The zero-order valence-corrected chi connectivity index (χ0v) is 17.5. The molecule has 1 aliphatic rings. The summed E-state index contributed by atoms with van der Waals surface area (Å²) in [6, 6.07) is 14.2. The second-order valence-corrected chi connectivity index (χ2v) is 7.64. The Morgan fingerprint density at radius 2 is 1.97 bits per heavy atom. The van der Waals surface area contributed by atoms with Crippen LogP contribution >= 0.6 is 0 Å². The summed E-state index contributed by atoms with van der Waals surface area (Å²) in [5.41, 5.74) is 1.74. The maximum atomic E-state index is 13.6. The highest BCUT2D eigenvalue weighted by Crippen LogP contribution is 2.18. The maximum absolute atomic E-state index is 13.6. The van der Waals surface area contributed by atoms with Gasteiger partial charge in [0.05, 0.1) is 38.9 Å². The maximum Gasteiger partial charge on any atom is 0.227 e. The van der Waals surface area contributed by atoms with Gasteiger partial charge >= 0.3 is 0 Å². The van der Waals surface area contributed by atoms with Crippen molar-refractivity contribution in [2.45, 2.75) is 19.4 Å². The Morgan fingerprint density at radius 1 is 1.19 bits per heavy atom. The van der Waals surface area contributed by atoms with Gasteiger partial charge in [-0.2, -0.15) is 4.98 Å². The minimum atomic E-state index is -0.263. The summed E-state index contributed by atoms with van der Waals surface area (Å²) < 4.78 is 24.2. The van der Waals surface area contributed by atoms with Gasteiger partial charge in [-0.05, 0) is 18.2 Å². The lowest BCUT2D eigenvalue weighted by molar-refractivity contribution is -0.917. The summed E-state index contributed by atoms with van der Waals surface area (Å²) in [5.74, 6) is 1.52. The van der Waals surface area contributed by atoms with Crippen LogP contribution in [0.2, 0.25) is 0 Å². The average Bonchev–Trinajstić information content (AvgIpc) is 3.28. The largest absolute Gasteiger partial charge is 0.496 e. The quantitative estimate of drug-likeness (QED) is 0.624. The second kappa shape index (κ2) is 9.70. The Kier molecular flexibility index (Phi) is 6.57. The van der Waals surface area contributed by atoms with E-state index in [1.165, 1.54) is 17.0 Å². The van der Waals surface area contributed by atoms with E-state index in [1.807, 2.05) is 35.2 Å². The van der Waals surface area contributed by atoms with Crippen LogP contribution in [0.25, 0.3) is 11.4 Å². The first-order valence-electron chi connectivity index (χ1n) is 10.4. The van der Waals surface area contributed by atoms with E-state index in [-0.39, 0.29) is 11.7 Å². The molecule has 7 nitrogen and oxygen atoms in total. The molecule has 2 heterocycles. The van der Waals surface area contributed by atoms with Crippen LogP contribution in [0.15, 0.2) is 53.1 Å². The number of amides is 1. The van der Waals surface area contributed by atoms with E-state index in [9.17, 15) is 9.18 Å². The van der Waals surface area contributed by atoms with Crippen LogP contribution in [0.5, 0.6) is 5.75 Å². The van der Waals surface area contributed by atoms with Gasteiger partial charge in [0.2, 0.25) is 17.6 Å². The molecule has 4 rings (SSSR count). The van der Waals surface area contributed by atoms with E-state index in [4.69, 9.17) is 9.26 Å². The zero-order chi connectivity index (χ0) is 21.6. The van der Waals surface area contributed by atoms with Crippen LogP contribution in [0, 0.1) is 5.82 Å². The highest BCUT2D eigenvalue weighted by atomic mass is 19.1. The predicted octanol–water partition coefficient (Wildman–Crippen LogP) is 1.74. The van der Waals surface area contributed by atoms with Gasteiger partial charge in [0.1, 0.15) is 18.1 Å². The number of carbonyl (C=O) groups is 1. The van der Waals surface area contributed by atoms with Gasteiger partial charge in [-0.15, -0.1) is 0 Å². The minimum Gasteiger partial charge on any atom is -0.496 e. The van der Waals surface area contributed by atoms with Crippen molar-refractivity contribution in [3.63, 3.8) is 0 Å². The molecule has 0 unspecified atom stereocenters. The molecule has 1 N–H and O–H groups in total. The number of halogens is 1. The summed E-state index contributed by atoms with van der Waals surface area (Å²) >= 11 is 0. The Hall–Kier alpha value is -3.26. The number of nitrogens with zero attached hydrogens (tertiary/aromatic N) is 3. The van der Waals surface area contributed by atoms with Gasteiger partial charge < -0.3 is 19.1 Å². The molecule has 1 aliphatic heterocycles. The number of benzene rings is 2. The molecule has 1 saturated heterocycles. The number of rotatable bonds is 7. The first-order valence-corrected chi connectivity index (χ1v) is 10.4. The van der Waals surface area contributed by atoms with Crippen LogP contribution in [0.3, 0.4) is 0 Å². The number of aromatic nitrogens is 2. The fraction of sp³-hybridized carbons (Fsp3) is 0.348. The fourth-order valence-electron chi connectivity index (χ4n) is 3.84. The van der Waals surface area contributed by atoms with Crippen LogP contribution < -0.4 is 9.64 Å². The van der Waals surface area contributed by atoms with Crippen molar-refractivity contribution in [3.05, 3.63) is 65.8 Å². The summed E-state index contributed by atoms with van der Waals surface area (Å²) in [6.07, 6.45) is 0.760. The van der Waals surface area contributed by atoms with Crippen LogP contribution in [-0.4, -0.2) is 54.2 Å². The van der Waals surface area contributed by atoms with Crippen molar-refractivity contribution in [1.82, 2.24) is 15.0 Å². The van der Waals surface area contributed by atoms with E-state index >= 15 is 0 Å². The Bertz CT molecular complexity index is 1020. The molecular weight excluding hydrogens is 399 g/mol. The molecule has 1 amide bonds. The molecular formula is C23H26FN4O3+. The third-order valence-corrected chi connectivity index (χ3v) is 5.56. The van der Waals surface area contributed by atoms with Gasteiger partial charge in [0.25, 0.3) is 0 Å². The van der Waals surface area contributed by atoms with Crippen LogP contribution in [0.1, 0.15) is 17.9 Å². The van der Waals surface area contributed by atoms with E-state index in [0.717, 1.165) is 24.2 Å². The molecule has 2 aromatic carbocycles. The molecule has 0 atom stereocenters. The molecule has 3 aromatic rings. The lowest BCUT2D eigenvalue weighted by Gasteiger charge is -2.32. The smallest absolute Gasteiger partial charge is 0.227 e. The number of aryl methyl sites for hydroxylation is 1. The number of ether oxygens (including phenoxy) is 1. The monoisotopic (exact) mass is 425 g/mol. The van der Waals surface area contributed by atoms with E-state index in [2.05, 4.69) is 10.1 Å². The van der Waals surface area contributed by atoms with Gasteiger partial charge in [-0.25, -0.2) is 4.39 Å². The standard InChI is InChI=1S/C23H25FN4O3/c1-30-20-8-7-19(24)15-18(20)16-27-11-13-28(14-12-27)22(29)10-9-21-25-23(26-31-21)17-5-3-2-4-6-17/h2-8,15H,9-14,16H2,1H3/p+1. The van der Waals surface area contributed by atoms with Crippen molar-refractivity contribution in [1.29, 1.82) is 0 Å². The van der Waals surface area contributed by atoms with Crippen LogP contribution in [-0.2, 0) is 17.8 Å². The number of nitrogens with one attached hydrogen (secondary N) is 1. The Balaban J connectivity index is 1.25. The molecule has 0 bridgehead atoms. The topological polar surface area (TPSA) is 72.9 Å². The molecule has 1 fully saturated rings. The van der Waals surface area contributed by atoms with E-state index in [0.29, 0.717) is 49.9 Å². The highest BCUT2D eigenvalue weighted by molar-refractivity contribution is 5.76. The van der Waals surface area contributed by atoms with Crippen molar-refractivity contribution in [3.8, 4) is 17.1 Å². The van der Waals surface area contributed by atoms with Crippen LogP contribution in [0.4, 0.5) is 4.39 Å². The van der Waals surface area contributed by atoms with E-state index < -0.39 is 0 Å². The average molecular weight is 425 g/mol. The first-order chi connectivity index (χ1) is 15.1. The van der Waals surface area contributed by atoms with Gasteiger partial charge in [0.15, 0.2) is 0 Å². The lowest BCUT2D eigenvalue weighted by Crippen LogP contribution is -3.13. The third-order valence-electron chi connectivity index (χ3n) is 5.56. The van der Waals surface area contributed by atoms with Crippen molar-refractivity contribution < 1.29 is 23.3 Å². The normalized spacial score (nSPS) is 14.6. The predicted molar refractivity (Wildman–Crippen MR) is 112 cm³/mol. The molecule has 0 spiro atoms. The highest BCUT2D eigenvalue weighted by Gasteiger charge is 2.25. The van der Waals surface area contributed by atoms with Crippen molar-refractivity contribution in [2.24, 2.45) is 0 Å². The molecule has 31 heavy (non-hydrogen) atoms. The van der Waals surface area contributed by atoms with Gasteiger partial charge in [-0.1, -0.05) is 35.5 Å². The molecule has 1 aromatic heterocycles. The number of hydrogen-bond acceptors (Lipinski definition) is 5. The van der Waals surface area contributed by atoms with Gasteiger partial charge in [0, 0.05) is 18.4 Å². The summed E-state index contributed by atoms with van der Waals surface area (Å²) in [6.45, 7) is 3.64. The number of hydrogen-bond donors (Lipinski definition) is 1. The third kappa shape index (κ3) is 5.27. The molecule has 0 saturated carbocycles. The fourth-order valence-corrected chi connectivity index (χ4v) is 3.84. The number of methoxy groups -OCH3 is 1. The molecule has 162 valence electrons. The summed E-state index contributed by atoms with van der Waals surface area (Å²) in [5, 5.41) is 4.00. The Labute approximate surface area is 180 Å². The Morgan fingerprint density at radius 3 is 2.71 bits per heavy atom. The van der Waals surface area contributed by atoms with E-state index in [1.54, 1.807) is 13.2 Å². The summed E-state index contributed by atoms with van der Waals surface area (Å²) in [7, 11) is 1.59. The first kappa shape index (κ1) is 21.0. The lowest BCUT2D eigenvalue weighted by atomic mass is 10.1. The molecule has 8 heteroatoms. The number of quaternary nitrogens is 1. The molecule has 0 radical (unpaired) electrons. The second-order valence-electron chi connectivity index (χ2n) is 7.64. The van der Waals surface area contributed by atoms with Crippen molar-refractivity contribution >= 4 is 5.91 Å². The SMILES string of the molecule is COc1ccc(F)cc1C[NH+]1CCN(C(=O)CCc2nc(-c3ccccc3)no2)CC1. The number of carbonyl (C=O) groups excluding carboxylic acids is 1. The minimum absolute atomic E-state index is 0.0850. The van der Waals surface area contributed by atoms with Gasteiger partial charge in [-0.3, -0.25) is 4.79 Å². The van der Waals surface area contributed by atoms with Crippen molar-refractivity contribution in [2.75, 3.05) is 33.3 Å². The zero-order valence-electron chi connectivity index (χ0n) is 17.5.